The molecule has 3 heteroatoms. The van der Waals surface area contributed by atoms with Gasteiger partial charge >= 0.3 is 0 Å². The summed E-state index contributed by atoms with van der Waals surface area (Å²) in [5.41, 5.74) is 1.53. The Morgan fingerprint density at radius 1 is 1.19 bits per heavy atom. The monoisotopic (exact) mass is 280 g/mol. The summed E-state index contributed by atoms with van der Waals surface area (Å²) in [6.07, 6.45) is 10.6. The van der Waals surface area contributed by atoms with Crippen molar-refractivity contribution in [3.8, 4) is 6.07 Å². The first-order valence-electron chi connectivity index (χ1n) is 7.78. The van der Waals surface area contributed by atoms with E-state index in [0.717, 1.165) is 31.2 Å². The van der Waals surface area contributed by atoms with Crippen LogP contribution in [0.25, 0.3) is 6.08 Å². The molecule has 0 aromatic heterocycles. The van der Waals surface area contributed by atoms with Gasteiger partial charge < -0.3 is 4.90 Å². The van der Waals surface area contributed by atoms with Crippen molar-refractivity contribution in [2.24, 2.45) is 0 Å². The third kappa shape index (κ3) is 3.33. The van der Waals surface area contributed by atoms with Crippen molar-refractivity contribution in [1.82, 2.24) is 4.90 Å². The van der Waals surface area contributed by atoms with Crippen molar-refractivity contribution < 1.29 is 4.79 Å². The van der Waals surface area contributed by atoms with Crippen LogP contribution in [0, 0.1) is 11.3 Å². The maximum absolute atomic E-state index is 12.5. The van der Waals surface area contributed by atoms with E-state index in [0.29, 0.717) is 17.6 Å². The molecule has 21 heavy (non-hydrogen) atoms. The molecule has 0 atom stereocenters. The van der Waals surface area contributed by atoms with Gasteiger partial charge in [-0.2, -0.15) is 5.26 Å². The molecule has 3 nitrogen and oxygen atoms in total. The number of hydrogen-bond acceptors (Lipinski definition) is 2. The second kappa shape index (κ2) is 6.13. The van der Waals surface area contributed by atoms with Gasteiger partial charge in [-0.05, 0) is 49.5 Å². The average Bonchev–Trinajstić information content (AvgIpc) is 3.20. The molecule has 3 rings (SSSR count). The quantitative estimate of drug-likeness (QED) is 0.792. The lowest BCUT2D eigenvalue weighted by Crippen LogP contribution is -2.39. The number of carbonyl (C=O) groups excluding carboxylic acids is 1. The number of nitrogens with zero attached hydrogens (tertiary/aromatic N) is 2. The third-order valence-electron chi connectivity index (χ3n) is 4.35. The normalized spacial score (nSPS) is 18.8. The molecule has 1 amide bonds. The predicted molar refractivity (Wildman–Crippen MR) is 82.3 cm³/mol. The van der Waals surface area contributed by atoms with E-state index in [4.69, 9.17) is 5.26 Å². The second-order valence-corrected chi connectivity index (χ2v) is 5.99. The smallest absolute Gasteiger partial charge is 0.247 e. The van der Waals surface area contributed by atoms with Crippen LogP contribution in [-0.2, 0) is 4.79 Å². The van der Waals surface area contributed by atoms with Gasteiger partial charge in [-0.1, -0.05) is 25.0 Å². The fourth-order valence-electron chi connectivity index (χ4n) is 3.16. The minimum atomic E-state index is 0.131. The number of amides is 1. The van der Waals surface area contributed by atoms with Gasteiger partial charge in [0.1, 0.15) is 0 Å². The number of benzene rings is 1. The Morgan fingerprint density at radius 2 is 1.90 bits per heavy atom. The number of hydrogen-bond donors (Lipinski definition) is 0. The maximum Gasteiger partial charge on any atom is 0.247 e. The molecule has 1 aromatic rings. The molecule has 0 heterocycles. The lowest BCUT2D eigenvalue weighted by atomic mass is 10.1. The van der Waals surface area contributed by atoms with Crippen LogP contribution >= 0.6 is 0 Å². The topological polar surface area (TPSA) is 44.1 Å². The molecule has 0 bridgehead atoms. The van der Waals surface area contributed by atoms with Gasteiger partial charge in [0.25, 0.3) is 0 Å². The molecule has 1 aromatic carbocycles. The summed E-state index contributed by atoms with van der Waals surface area (Å²) in [6, 6.07) is 10.4. The first-order chi connectivity index (χ1) is 10.3. The van der Waals surface area contributed by atoms with Crippen molar-refractivity contribution in [2.45, 2.75) is 50.6 Å². The molecule has 2 fully saturated rings. The van der Waals surface area contributed by atoms with Gasteiger partial charge in [0, 0.05) is 18.2 Å². The summed E-state index contributed by atoms with van der Waals surface area (Å²) in [5.74, 6) is 0.131. The molecular weight excluding hydrogens is 260 g/mol. The Kier molecular flexibility index (Phi) is 4.06. The lowest BCUT2D eigenvalue weighted by Gasteiger charge is -2.27. The summed E-state index contributed by atoms with van der Waals surface area (Å²) in [6.45, 7) is 0. The molecule has 0 spiro atoms. The summed E-state index contributed by atoms with van der Waals surface area (Å²) < 4.78 is 0. The van der Waals surface area contributed by atoms with Crippen LogP contribution in [0.1, 0.15) is 49.7 Å². The van der Waals surface area contributed by atoms with Gasteiger partial charge in [-0.3, -0.25) is 4.79 Å². The molecule has 0 saturated heterocycles. The summed E-state index contributed by atoms with van der Waals surface area (Å²) in [7, 11) is 0. The van der Waals surface area contributed by atoms with E-state index in [1.165, 1.54) is 12.8 Å². The molecular formula is C18H20N2O. The summed E-state index contributed by atoms with van der Waals surface area (Å²) in [5, 5.41) is 8.90. The van der Waals surface area contributed by atoms with E-state index >= 15 is 0 Å². The molecule has 0 aliphatic heterocycles. The van der Waals surface area contributed by atoms with Gasteiger partial charge in [-0.15, -0.1) is 0 Å². The van der Waals surface area contributed by atoms with Crippen LogP contribution in [0.4, 0.5) is 0 Å². The van der Waals surface area contributed by atoms with E-state index in [1.807, 2.05) is 18.2 Å². The van der Waals surface area contributed by atoms with Gasteiger partial charge in [0.05, 0.1) is 11.6 Å². The fourth-order valence-corrected chi connectivity index (χ4v) is 3.16. The minimum Gasteiger partial charge on any atom is -0.333 e. The van der Waals surface area contributed by atoms with Gasteiger partial charge in [0.2, 0.25) is 5.91 Å². The van der Waals surface area contributed by atoms with Crippen molar-refractivity contribution in [3.63, 3.8) is 0 Å². The molecule has 0 N–H and O–H groups in total. The SMILES string of the molecule is N#Cc1cccc(/C=C/C(=O)N(C2CCCC2)C2CC2)c1. The highest BCUT2D eigenvalue weighted by molar-refractivity contribution is 5.92. The van der Waals surface area contributed by atoms with Crippen molar-refractivity contribution in [2.75, 3.05) is 0 Å². The Labute approximate surface area is 125 Å². The average molecular weight is 280 g/mol. The Balaban J connectivity index is 1.71. The zero-order valence-corrected chi connectivity index (χ0v) is 12.2. The fraction of sp³-hybridized carbons (Fsp3) is 0.444. The molecule has 0 unspecified atom stereocenters. The first-order valence-corrected chi connectivity index (χ1v) is 7.78. The van der Waals surface area contributed by atoms with Crippen molar-refractivity contribution in [3.05, 3.63) is 41.5 Å². The van der Waals surface area contributed by atoms with Crippen LogP contribution in [-0.4, -0.2) is 22.9 Å². The van der Waals surface area contributed by atoms with E-state index < -0.39 is 0 Å². The van der Waals surface area contributed by atoms with E-state index in [-0.39, 0.29) is 5.91 Å². The number of nitriles is 1. The molecule has 2 saturated carbocycles. The van der Waals surface area contributed by atoms with Crippen LogP contribution in [0.15, 0.2) is 30.3 Å². The van der Waals surface area contributed by atoms with Crippen molar-refractivity contribution in [1.29, 1.82) is 5.26 Å². The molecule has 108 valence electrons. The van der Waals surface area contributed by atoms with Gasteiger partial charge in [-0.25, -0.2) is 0 Å². The second-order valence-electron chi connectivity index (χ2n) is 5.99. The maximum atomic E-state index is 12.5. The third-order valence-corrected chi connectivity index (χ3v) is 4.35. The van der Waals surface area contributed by atoms with Gasteiger partial charge in [0.15, 0.2) is 0 Å². The first kappa shape index (κ1) is 13.9. The Hall–Kier alpha value is -2.08. The Bertz CT molecular complexity index is 589. The molecule has 0 radical (unpaired) electrons. The Morgan fingerprint density at radius 3 is 2.57 bits per heavy atom. The molecule has 2 aliphatic rings. The van der Waals surface area contributed by atoms with E-state index in [1.54, 1.807) is 18.2 Å². The van der Waals surface area contributed by atoms with Crippen LogP contribution in [0.3, 0.4) is 0 Å². The van der Waals surface area contributed by atoms with E-state index in [9.17, 15) is 4.79 Å². The summed E-state index contributed by atoms with van der Waals surface area (Å²) >= 11 is 0. The summed E-state index contributed by atoms with van der Waals surface area (Å²) in [4.78, 5) is 14.6. The predicted octanol–water partition coefficient (Wildman–Crippen LogP) is 3.51. The highest BCUT2D eigenvalue weighted by Crippen LogP contribution is 2.34. The zero-order valence-electron chi connectivity index (χ0n) is 12.2. The number of rotatable bonds is 4. The largest absolute Gasteiger partial charge is 0.333 e. The lowest BCUT2D eigenvalue weighted by molar-refractivity contribution is -0.128. The van der Waals surface area contributed by atoms with Crippen LogP contribution in [0.5, 0.6) is 0 Å². The van der Waals surface area contributed by atoms with Crippen LogP contribution in [0.2, 0.25) is 0 Å². The van der Waals surface area contributed by atoms with Crippen molar-refractivity contribution >= 4 is 12.0 Å². The highest BCUT2D eigenvalue weighted by atomic mass is 16.2. The highest BCUT2D eigenvalue weighted by Gasteiger charge is 2.37. The van der Waals surface area contributed by atoms with E-state index in [2.05, 4.69) is 11.0 Å². The molecule has 2 aliphatic carbocycles. The number of carbonyl (C=O) groups is 1. The van der Waals surface area contributed by atoms with Crippen LogP contribution < -0.4 is 0 Å². The minimum absolute atomic E-state index is 0.131. The zero-order chi connectivity index (χ0) is 14.7. The standard InChI is InChI=1S/C18H20N2O/c19-13-15-5-3-4-14(12-15)8-11-18(21)20(17-9-10-17)16-6-1-2-7-16/h3-5,8,11-12,16-17H,1-2,6-7,9-10H2/b11-8+.